The smallest absolute Gasteiger partial charge is 0.404 e. The molecule has 2 aromatic heterocycles. The van der Waals surface area contributed by atoms with Crippen LogP contribution in [-0.4, -0.2) is 45.3 Å². The van der Waals surface area contributed by atoms with Crippen molar-refractivity contribution in [3.63, 3.8) is 0 Å². The molecule has 1 amide bonds. The summed E-state index contributed by atoms with van der Waals surface area (Å²) in [6.07, 6.45) is -3.50. The van der Waals surface area contributed by atoms with E-state index in [0.29, 0.717) is 31.1 Å². The third-order valence-corrected chi connectivity index (χ3v) is 5.35. The van der Waals surface area contributed by atoms with Crippen LogP contribution in [0.1, 0.15) is 24.2 Å². The summed E-state index contributed by atoms with van der Waals surface area (Å²) < 4.78 is 43.7. The molecule has 8 nitrogen and oxygen atoms in total. The molecule has 33 heavy (non-hydrogen) atoms. The number of nitrogens with zero attached hydrogens (tertiary/aromatic N) is 5. The van der Waals surface area contributed by atoms with Crippen molar-refractivity contribution in [3.05, 3.63) is 53.9 Å². The first-order valence-corrected chi connectivity index (χ1v) is 10.5. The molecule has 1 aromatic carbocycles. The van der Waals surface area contributed by atoms with Crippen LogP contribution in [0.15, 0.2) is 42.5 Å². The lowest BCUT2D eigenvalue weighted by atomic mass is 9.97. The monoisotopic (exact) mass is 460 g/mol. The average molecular weight is 460 g/mol. The Bertz CT molecular complexity index is 1130. The number of hydrogen-bond acceptors (Lipinski definition) is 6. The Kier molecular flexibility index (Phi) is 6.21. The van der Waals surface area contributed by atoms with E-state index in [1.165, 1.54) is 18.2 Å². The summed E-state index contributed by atoms with van der Waals surface area (Å²) in [6.45, 7) is 4.91. The van der Waals surface area contributed by atoms with Gasteiger partial charge in [-0.1, -0.05) is 12.1 Å². The summed E-state index contributed by atoms with van der Waals surface area (Å²) >= 11 is 0. The number of alkyl halides is 3. The molecule has 3 heterocycles. The number of anilines is 2. The highest BCUT2D eigenvalue weighted by Gasteiger charge is 2.33. The normalized spacial score (nSPS) is 16.5. The second-order valence-electron chi connectivity index (χ2n) is 7.91. The number of carbonyl (C=O) groups is 1. The van der Waals surface area contributed by atoms with Gasteiger partial charge in [-0.05, 0) is 57.0 Å². The molecule has 1 atom stereocenters. The standard InChI is InChI=1S/C22H23F3N6O2/c1-14-12-15(2)31(29-14)20-10-9-19(27-28-20)30-11-5-6-16(13-30)21(32)26-17-7-3-4-8-18(17)33-22(23,24)25/h3-4,7-10,12,16H,5-6,11,13H2,1-2H3,(H,26,32). The highest BCUT2D eigenvalue weighted by molar-refractivity contribution is 5.94. The Balaban J connectivity index is 1.44. The fourth-order valence-electron chi connectivity index (χ4n) is 3.88. The van der Waals surface area contributed by atoms with Gasteiger partial charge in [0.05, 0.1) is 17.3 Å². The van der Waals surface area contributed by atoms with Gasteiger partial charge in [0.2, 0.25) is 5.91 Å². The Labute approximate surface area is 188 Å². The lowest BCUT2D eigenvalue weighted by Crippen LogP contribution is -2.41. The van der Waals surface area contributed by atoms with Crippen molar-refractivity contribution in [2.45, 2.75) is 33.1 Å². The molecule has 0 bridgehead atoms. The molecule has 1 saturated heterocycles. The van der Waals surface area contributed by atoms with E-state index >= 15 is 0 Å². The van der Waals surface area contributed by atoms with Crippen molar-refractivity contribution in [1.82, 2.24) is 20.0 Å². The number of aryl methyl sites for hydroxylation is 2. The molecule has 1 N–H and O–H groups in total. The van der Waals surface area contributed by atoms with E-state index in [1.54, 1.807) is 4.68 Å². The molecule has 0 spiro atoms. The van der Waals surface area contributed by atoms with Crippen LogP contribution in [0, 0.1) is 19.8 Å². The van der Waals surface area contributed by atoms with Gasteiger partial charge < -0.3 is 15.0 Å². The summed E-state index contributed by atoms with van der Waals surface area (Å²) in [6, 6.07) is 11.1. The molecule has 1 aliphatic heterocycles. The highest BCUT2D eigenvalue weighted by atomic mass is 19.4. The maximum absolute atomic E-state index is 12.8. The van der Waals surface area contributed by atoms with E-state index in [-0.39, 0.29) is 11.6 Å². The number of carbonyl (C=O) groups excluding carboxylic acids is 1. The van der Waals surface area contributed by atoms with Crippen LogP contribution in [0.25, 0.3) is 5.82 Å². The molecule has 0 saturated carbocycles. The number of piperidine rings is 1. The van der Waals surface area contributed by atoms with Gasteiger partial charge in [0.1, 0.15) is 0 Å². The van der Waals surface area contributed by atoms with Crippen LogP contribution in [0.3, 0.4) is 0 Å². The molecule has 4 rings (SSSR count). The molecule has 0 radical (unpaired) electrons. The first-order chi connectivity index (χ1) is 15.7. The van der Waals surface area contributed by atoms with Crippen LogP contribution in [0.2, 0.25) is 0 Å². The van der Waals surface area contributed by atoms with E-state index in [0.717, 1.165) is 23.9 Å². The summed E-state index contributed by atoms with van der Waals surface area (Å²) in [5.74, 6) is -0.0209. The van der Waals surface area contributed by atoms with Gasteiger partial charge in [-0.15, -0.1) is 23.4 Å². The predicted molar refractivity (Wildman–Crippen MR) is 115 cm³/mol. The number of aromatic nitrogens is 4. The third-order valence-electron chi connectivity index (χ3n) is 5.35. The highest BCUT2D eigenvalue weighted by Crippen LogP contribution is 2.31. The second-order valence-corrected chi connectivity index (χ2v) is 7.91. The van der Waals surface area contributed by atoms with Gasteiger partial charge in [-0.2, -0.15) is 5.10 Å². The van der Waals surface area contributed by atoms with Crippen molar-refractivity contribution >= 4 is 17.4 Å². The van der Waals surface area contributed by atoms with Crippen molar-refractivity contribution in [3.8, 4) is 11.6 Å². The maximum atomic E-state index is 12.8. The van der Waals surface area contributed by atoms with Gasteiger partial charge in [0.25, 0.3) is 0 Å². The number of hydrogen-bond donors (Lipinski definition) is 1. The average Bonchev–Trinajstić information content (AvgIpc) is 3.12. The quantitative estimate of drug-likeness (QED) is 0.619. The lowest BCUT2D eigenvalue weighted by Gasteiger charge is -2.32. The van der Waals surface area contributed by atoms with Crippen molar-refractivity contribution in [1.29, 1.82) is 0 Å². The van der Waals surface area contributed by atoms with E-state index < -0.39 is 18.0 Å². The zero-order valence-corrected chi connectivity index (χ0v) is 18.1. The van der Waals surface area contributed by atoms with Gasteiger partial charge in [0.15, 0.2) is 17.4 Å². The minimum absolute atomic E-state index is 0.0222. The zero-order valence-electron chi connectivity index (χ0n) is 18.1. The Morgan fingerprint density at radius 3 is 2.52 bits per heavy atom. The predicted octanol–water partition coefficient (Wildman–Crippen LogP) is 4.03. The van der Waals surface area contributed by atoms with Crippen molar-refractivity contribution < 1.29 is 22.7 Å². The van der Waals surface area contributed by atoms with Crippen LogP contribution in [0.4, 0.5) is 24.7 Å². The number of halogens is 3. The largest absolute Gasteiger partial charge is 0.573 e. The van der Waals surface area contributed by atoms with Gasteiger partial charge in [0, 0.05) is 18.8 Å². The molecule has 1 unspecified atom stereocenters. The SMILES string of the molecule is Cc1cc(C)n(-c2ccc(N3CCCC(C(=O)Nc4ccccc4OC(F)(F)F)C3)nn2)n1. The molecule has 1 fully saturated rings. The van der Waals surface area contributed by atoms with E-state index in [9.17, 15) is 18.0 Å². The minimum Gasteiger partial charge on any atom is -0.404 e. The molecule has 11 heteroatoms. The Morgan fingerprint density at radius 2 is 1.85 bits per heavy atom. The maximum Gasteiger partial charge on any atom is 0.573 e. The van der Waals surface area contributed by atoms with E-state index in [1.807, 2.05) is 36.9 Å². The molecular formula is C22H23F3N6O2. The van der Waals surface area contributed by atoms with Gasteiger partial charge in [-0.25, -0.2) is 4.68 Å². The fraction of sp³-hybridized carbons (Fsp3) is 0.364. The Hall–Kier alpha value is -3.63. The Morgan fingerprint density at radius 1 is 1.12 bits per heavy atom. The molecule has 3 aromatic rings. The summed E-state index contributed by atoms with van der Waals surface area (Å²) in [7, 11) is 0. The molecule has 174 valence electrons. The van der Waals surface area contributed by atoms with Crippen molar-refractivity contribution in [2.24, 2.45) is 5.92 Å². The first kappa shape index (κ1) is 22.6. The lowest BCUT2D eigenvalue weighted by molar-refractivity contribution is -0.274. The molecule has 1 aliphatic rings. The molecular weight excluding hydrogens is 437 g/mol. The fourth-order valence-corrected chi connectivity index (χ4v) is 3.88. The third kappa shape index (κ3) is 5.41. The topological polar surface area (TPSA) is 85.2 Å². The number of rotatable bonds is 5. The van der Waals surface area contributed by atoms with Crippen LogP contribution >= 0.6 is 0 Å². The van der Waals surface area contributed by atoms with Crippen LogP contribution in [0.5, 0.6) is 5.75 Å². The number of benzene rings is 1. The van der Waals surface area contributed by atoms with Gasteiger partial charge in [-0.3, -0.25) is 4.79 Å². The minimum atomic E-state index is -4.85. The summed E-state index contributed by atoms with van der Waals surface area (Å²) in [5.41, 5.74) is 1.80. The summed E-state index contributed by atoms with van der Waals surface area (Å²) in [5, 5.41) is 15.5. The van der Waals surface area contributed by atoms with Crippen LogP contribution < -0.4 is 15.0 Å². The number of ether oxygens (including phenoxy) is 1. The first-order valence-electron chi connectivity index (χ1n) is 10.5. The number of para-hydroxylation sites is 2. The van der Waals surface area contributed by atoms with E-state index in [4.69, 9.17) is 0 Å². The van der Waals surface area contributed by atoms with Gasteiger partial charge >= 0.3 is 6.36 Å². The van der Waals surface area contributed by atoms with E-state index in [2.05, 4.69) is 25.3 Å². The number of amides is 1. The van der Waals surface area contributed by atoms with Crippen LogP contribution in [-0.2, 0) is 4.79 Å². The summed E-state index contributed by atoms with van der Waals surface area (Å²) in [4.78, 5) is 14.8. The molecule has 0 aliphatic carbocycles. The second kappa shape index (κ2) is 9.08. The zero-order chi connectivity index (χ0) is 23.6. The van der Waals surface area contributed by atoms with Crippen molar-refractivity contribution in [2.75, 3.05) is 23.3 Å². The number of nitrogens with one attached hydrogen (secondary N) is 1.